The van der Waals surface area contributed by atoms with E-state index >= 15 is 0 Å². The van der Waals surface area contributed by atoms with Crippen LogP contribution in [0.4, 0.5) is 0 Å². The Morgan fingerprint density at radius 3 is 2.57 bits per heavy atom. The normalized spacial score (nSPS) is 13.1. The molecule has 0 rings (SSSR count). The molecule has 0 aromatic carbocycles. The van der Waals surface area contributed by atoms with Gasteiger partial charge >= 0.3 is 5.97 Å². The van der Waals surface area contributed by atoms with Gasteiger partial charge in [0.05, 0.1) is 6.61 Å². The van der Waals surface area contributed by atoms with Crippen LogP contribution in [0.15, 0.2) is 0 Å². The van der Waals surface area contributed by atoms with E-state index in [1.807, 2.05) is 4.90 Å². The second kappa shape index (κ2) is 7.73. The summed E-state index contributed by atoms with van der Waals surface area (Å²) in [4.78, 5) is 12.4. The lowest BCUT2D eigenvalue weighted by molar-refractivity contribution is -0.139. The van der Waals surface area contributed by atoms with Crippen LogP contribution in [0.3, 0.4) is 0 Å². The van der Waals surface area contributed by atoms with E-state index in [-0.39, 0.29) is 6.61 Å². The predicted molar refractivity (Wildman–Crippen MR) is 54.0 cm³/mol. The molecule has 14 heavy (non-hydrogen) atoms. The van der Waals surface area contributed by atoms with Gasteiger partial charge in [0.25, 0.3) is 0 Å². The number of nitrogens with two attached hydrogens (primary N) is 1. The van der Waals surface area contributed by atoms with Crippen LogP contribution in [0.1, 0.15) is 19.8 Å². The van der Waals surface area contributed by atoms with Crippen molar-refractivity contribution in [3.8, 4) is 0 Å². The number of carboxylic acid groups (broad SMARTS) is 1. The fourth-order valence-electron chi connectivity index (χ4n) is 1.17. The van der Waals surface area contributed by atoms with E-state index < -0.39 is 12.0 Å². The van der Waals surface area contributed by atoms with Crippen molar-refractivity contribution in [2.24, 2.45) is 5.73 Å². The van der Waals surface area contributed by atoms with Crippen LogP contribution < -0.4 is 5.73 Å². The maximum atomic E-state index is 10.5. The molecular formula is C9H20N2O3. The second-order valence-electron chi connectivity index (χ2n) is 3.32. The van der Waals surface area contributed by atoms with E-state index in [4.69, 9.17) is 15.9 Å². The second-order valence-corrected chi connectivity index (χ2v) is 3.32. The Morgan fingerprint density at radius 2 is 2.14 bits per heavy atom. The third-order valence-corrected chi connectivity index (χ3v) is 2.02. The van der Waals surface area contributed by atoms with Gasteiger partial charge in [-0.05, 0) is 13.0 Å². The van der Waals surface area contributed by atoms with E-state index in [9.17, 15) is 4.79 Å². The summed E-state index contributed by atoms with van der Waals surface area (Å²) in [6.45, 7) is 3.68. The first-order valence-electron chi connectivity index (χ1n) is 4.93. The molecule has 0 saturated carbocycles. The summed E-state index contributed by atoms with van der Waals surface area (Å²) >= 11 is 0. The van der Waals surface area contributed by atoms with Crippen molar-refractivity contribution < 1.29 is 15.0 Å². The molecule has 0 aromatic rings. The van der Waals surface area contributed by atoms with Crippen molar-refractivity contribution in [3.63, 3.8) is 0 Å². The van der Waals surface area contributed by atoms with Crippen LogP contribution in [-0.4, -0.2) is 53.4 Å². The van der Waals surface area contributed by atoms with Crippen molar-refractivity contribution in [2.45, 2.75) is 25.8 Å². The number of carbonyl (C=O) groups is 1. The average molecular weight is 204 g/mol. The average Bonchev–Trinajstić information content (AvgIpc) is 2.14. The number of aliphatic hydroxyl groups excluding tert-OH is 1. The number of hydrogen-bond donors (Lipinski definition) is 3. The van der Waals surface area contributed by atoms with Gasteiger partial charge in [0, 0.05) is 13.1 Å². The van der Waals surface area contributed by atoms with Crippen LogP contribution in [-0.2, 0) is 4.79 Å². The summed E-state index contributed by atoms with van der Waals surface area (Å²) in [5, 5.41) is 17.4. The molecule has 1 atom stereocenters. The molecule has 0 heterocycles. The Morgan fingerprint density at radius 1 is 1.50 bits per heavy atom. The minimum Gasteiger partial charge on any atom is -0.480 e. The zero-order chi connectivity index (χ0) is 11.0. The fourth-order valence-corrected chi connectivity index (χ4v) is 1.17. The molecule has 0 radical (unpaired) electrons. The number of aliphatic hydroxyl groups is 1. The minimum atomic E-state index is -0.996. The third-order valence-electron chi connectivity index (χ3n) is 2.02. The Bertz CT molecular complexity index is 164. The molecule has 0 spiro atoms. The van der Waals surface area contributed by atoms with Gasteiger partial charge in [-0.3, -0.25) is 9.69 Å². The molecule has 0 fully saturated rings. The first-order chi connectivity index (χ1) is 6.61. The number of aliphatic carboxylic acids is 1. The SMILES string of the molecule is CCCCN(CCO)CC(N)C(=O)O. The fraction of sp³-hybridized carbons (Fsp3) is 0.889. The smallest absolute Gasteiger partial charge is 0.321 e. The van der Waals surface area contributed by atoms with Crippen LogP contribution in [0.5, 0.6) is 0 Å². The standard InChI is InChI=1S/C9H20N2O3/c1-2-3-4-11(5-6-12)7-8(10)9(13)14/h8,12H,2-7,10H2,1H3,(H,13,14). The molecule has 0 aliphatic rings. The summed E-state index contributed by atoms with van der Waals surface area (Å²) in [5.74, 6) is -0.996. The topological polar surface area (TPSA) is 86.8 Å². The maximum Gasteiger partial charge on any atom is 0.321 e. The monoisotopic (exact) mass is 204 g/mol. The lowest BCUT2D eigenvalue weighted by Crippen LogP contribution is -2.44. The number of unbranched alkanes of at least 4 members (excludes halogenated alkanes) is 1. The molecule has 1 unspecified atom stereocenters. The zero-order valence-corrected chi connectivity index (χ0v) is 8.65. The van der Waals surface area contributed by atoms with Crippen molar-refractivity contribution in [3.05, 3.63) is 0 Å². The first-order valence-corrected chi connectivity index (χ1v) is 4.93. The molecule has 84 valence electrons. The molecule has 0 aliphatic carbocycles. The van der Waals surface area contributed by atoms with Gasteiger partial charge in [-0.15, -0.1) is 0 Å². The highest BCUT2D eigenvalue weighted by molar-refractivity contribution is 5.73. The molecule has 5 heteroatoms. The van der Waals surface area contributed by atoms with E-state index in [1.54, 1.807) is 0 Å². The van der Waals surface area contributed by atoms with Gasteiger partial charge in [-0.25, -0.2) is 0 Å². The van der Waals surface area contributed by atoms with Crippen LogP contribution >= 0.6 is 0 Å². The van der Waals surface area contributed by atoms with Crippen LogP contribution in [0.2, 0.25) is 0 Å². The van der Waals surface area contributed by atoms with E-state index in [2.05, 4.69) is 6.92 Å². The van der Waals surface area contributed by atoms with Crippen LogP contribution in [0.25, 0.3) is 0 Å². The molecular weight excluding hydrogens is 184 g/mol. The summed E-state index contributed by atoms with van der Waals surface area (Å²) in [5.41, 5.74) is 5.40. The zero-order valence-electron chi connectivity index (χ0n) is 8.65. The van der Waals surface area contributed by atoms with Gasteiger partial charge in [0.15, 0.2) is 0 Å². The Hall–Kier alpha value is -0.650. The minimum absolute atomic E-state index is 0.0378. The van der Waals surface area contributed by atoms with Gasteiger partial charge in [-0.1, -0.05) is 13.3 Å². The summed E-state index contributed by atoms with van der Waals surface area (Å²) in [6, 6.07) is -0.863. The molecule has 0 aromatic heterocycles. The highest BCUT2D eigenvalue weighted by Gasteiger charge is 2.15. The molecule has 5 nitrogen and oxygen atoms in total. The van der Waals surface area contributed by atoms with E-state index in [0.717, 1.165) is 19.4 Å². The number of nitrogens with zero attached hydrogens (tertiary/aromatic N) is 1. The van der Waals surface area contributed by atoms with Gasteiger partial charge in [0.1, 0.15) is 6.04 Å². The predicted octanol–water partition coefficient (Wildman–Crippen LogP) is -0.507. The maximum absolute atomic E-state index is 10.5. The first kappa shape index (κ1) is 13.4. The number of carboxylic acids is 1. The number of rotatable bonds is 8. The van der Waals surface area contributed by atoms with Crippen molar-refractivity contribution in [2.75, 3.05) is 26.2 Å². The quantitative estimate of drug-likeness (QED) is 0.496. The van der Waals surface area contributed by atoms with Gasteiger partial charge in [-0.2, -0.15) is 0 Å². The Balaban J connectivity index is 3.87. The van der Waals surface area contributed by atoms with Crippen molar-refractivity contribution in [1.29, 1.82) is 0 Å². The molecule has 0 saturated heterocycles. The summed E-state index contributed by atoms with van der Waals surface area (Å²) in [7, 11) is 0. The van der Waals surface area contributed by atoms with E-state index in [1.165, 1.54) is 0 Å². The van der Waals surface area contributed by atoms with E-state index in [0.29, 0.717) is 13.1 Å². The molecule has 4 N–H and O–H groups in total. The highest BCUT2D eigenvalue weighted by Crippen LogP contribution is 1.96. The Kier molecular flexibility index (Phi) is 7.37. The van der Waals surface area contributed by atoms with Gasteiger partial charge in [0.2, 0.25) is 0 Å². The summed E-state index contributed by atoms with van der Waals surface area (Å²) < 4.78 is 0. The van der Waals surface area contributed by atoms with Crippen LogP contribution in [0, 0.1) is 0 Å². The lowest BCUT2D eigenvalue weighted by atomic mass is 10.2. The highest BCUT2D eigenvalue weighted by atomic mass is 16.4. The molecule has 0 aliphatic heterocycles. The van der Waals surface area contributed by atoms with Gasteiger partial charge < -0.3 is 15.9 Å². The third kappa shape index (κ3) is 5.90. The number of hydrogen-bond acceptors (Lipinski definition) is 4. The summed E-state index contributed by atoms with van der Waals surface area (Å²) in [6.07, 6.45) is 2.04. The molecule has 0 amide bonds. The largest absolute Gasteiger partial charge is 0.480 e. The Labute approximate surface area is 84.5 Å². The van der Waals surface area contributed by atoms with Crippen molar-refractivity contribution in [1.82, 2.24) is 4.90 Å². The molecule has 0 bridgehead atoms. The lowest BCUT2D eigenvalue weighted by Gasteiger charge is -2.22. The van der Waals surface area contributed by atoms with Crippen molar-refractivity contribution >= 4 is 5.97 Å².